The van der Waals surface area contributed by atoms with Crippen molar-refractivity contribution < 1.29 is 18.7 Å². The van der Waals surface area contributed by atoms with Crippen LogP contribution >= 0.6 is 11.3 Å². The second-order valence-corrected chi connectivity index (χ2v) is 9.55. The van der Waals surface area contributed by atoms with Gasteiger partial charge in [0.25, 0.3) is 0 Å². The van der Waals surface area contributed by atoms with Crippen molar-refractivity contribution in [3.63, 3.8) is 0 Å². The molecule has 33 heavy (non-hydrogen) atoms. The summed E-state index contributed by atoms with van der Waals surface area (Å²) in [5.74, 6) is -1.67. The normalized spacial score (nSPS) is 17.3. The number of carbonyl (C=O) groups excluding carboxylic acids is 1. The van der Waals surface area contributed by atoms with Gasteiger partial charge in [0.1, 0.15) is 11.6 Å². The second kappa shape index (κ2) is 10.5. The van der Waals surface area contributed by atoms with Crippen molar-refractivity contribution in [3.05, 3.63) is 82.2 Å². The predicted molar refractivity (Wildman–Crippen MR) is 127 cm³/mol. The first-order valence-corrected chi connectivity index (χ1v) is 12.1. The third kappa shape index (κ3) is 6.05. The highest BCUT2D eigenvalue weighted by molar-refractivity contribution is 7.13. The molecule has 1 amide bonds. The fraction of sp³-hybridized carbons (Fsp3) is 0.346. The Morgan fingerprint density at radius 2 is 1.97 bits per heavy atom. The number of aliphatic hydroxyl groups excluding tert-OH is 1. The van der Waals surface area contributed by atoms with E-state index < -0.39 is 23.8 Å². The summed E-state index contributed by atoms with van der Waals surface area (Å²) in [7, 11) is 0. The summed E-state index contributed by atoms with van der Waals surface area (Å²) in [4.78, 5) is 12.9. The Hall–Kier alpha value is -2.61. The SMILES string of the molecule is CC(=O)NC(Cc1cc(F)cc(F)c1)C(O)CNC1CCCc2ccc(-c3cccs3)cc21. The summed E-state index contributed by atoms with van der Waals surface area (Å²) >= 11 is 1.70. The predicted octanol–water partition coefficient (Wildman–Crippen LogP) is 4.77. The molecular weight excluding hydrogens is 442 g/mol. The summed E-state index contributed by atoms with van der Waals surface area (Å²) in [5.41, 5.74) is 4.11. The zero-order chi connectivity index (χ0) is 23.4. The highest BCUT2D eigenvalue weighted by Gasteiger charge is 2.25. The van der Waals surface area contributed by atoms with Gasteiger partial charge in [0.15, 0.2) is 0 Å². The number of carbonyl (C=O) groups is 1. The largest absolute Gasteiger partial charge is 0.390 e. The lowest BCUT2D eigenvalue weighted by atomic mass is 9.86. The Bertz CT molecular complexity index is 1080. The van der Waals surface area contributed by atoms with E-state index in [0.717, 1.165) is 25.3 Å². The van der Waals surface area contributed by atoms with Crippen LogP contribution in [0.5, 0.6) is 0 Å². The maximum atomic E-state index is 13.6. The molecule has 174 valence electrons. The Kier molecular flexibility index (Phi) is 7.53. The minimum atomic E-state index is -0.925. The Labute approximate surface area is 196 Å². The first-order chi connectivity index (χ1) is 15.9. The lowest BCUT2D eigenvalue weighted by Gasteiger charge is -2.30. The van der Waals surface area contributed by atoms with Crippen molar-refractivity contribution in [1.29, 1.82) is 0 Å². The molecule has 0 spiro atoms. The van der Waals surface area contributed by atoms with E-state index in [-0.39, 0.29) is 24.9 Å². The van der Waals surface area contributed by atoms with Gasteiger partial charge in [-0.15, -0.1) is 11.3 Å². The number of halogens is 2. The third-order valence-electron chi connectivity index (χ3n) is 6.07. The van der Waals surface area contributed by atoms with Gasteiger partial charge < -0.3 is 15.7 Å². The van der Waals surface area contributed by atoms with Crippen LogP contribution in [-0.4, -0.2) is 29.7 Å². The zero-order valence-electron chi connectivity index (χ0n) is 18.5. The zero-order valence-corrected chi connectivity index (χ0v) is 19.3. The first-order valence-electron chi connectivity index (χ1n) is 11.2. The molecule has 0 saturated carbocycles. The van der Waals surface area contributed by atoms with Crippen LogP contribution in [0.1, 0.15) is 42.5 Å². The van der Waals surface area contributed by atoms with E-state index in [2.05, 4.69) is 40.3 Å². The quantitative estimate of drug-likeness (QED) is 0.445. The number of benzene rings is 2. The van der Waals surface area contributed by atoms with Gasteiger partial charge in [-0.25, -0.2) is 8.78 Å². The van der Waals surface area contributed by atoms with Gasteiger partial charge in [-0.2, -0.15) is 0 Å². The van der Waals surface area contributed by atoms with Crippen molar-refractivity contribution in [2.75, 3.05) is 6.54 Å². The van der Waals surface area contributed by atoms with E-state index >= 15 is 0 Å². The molecule has 0 saturated heterocycles. The number of aryl methyl sites for hydroxylation is 1. The molecule has 2 aromatic carbocycles. The Morgan fingerprint density at radius 3 is 2.67 bits per heavy atom. The first kappa shape index (κ1) is 23.5. The highest BCUT2D eigenvalue weighted by Crippen LogP contribution is 2.34. The Morgan fingerprint density at radius 1 is 1.18 bits per heavy atom. The van der Waals surface area contributed by atoms with E-state index in [0.29, 0.717) is 5.56 Å². The van der Waals surface area contributed by atoms with Gasteiger partial charge in [0.05, 0.1) is 12.1 Å². The molecule has 7 heteroatoms. The molecule has 4 nitrogen and oxygen atoms in total. The maximum absolute atomic E-state index is 13.6. The smallest absolute Gasteiger partial charge is 0.217 e. The molecule has 0 bridgehead atoms. The number of nitrogens with one attached hydrogen (secondary N) is 2. The summed E-state index contributed by atoms with van der Waals surface area (Å²) in [5, 5.41) is 19.1. The van der Waals surface area contributed by atoms with Crippen LogP contribution in [0.2, 0.25) is 0 Å². The van der Waals surface area contributed by atoms with E-state index in [1.54, 1.807) is 11.3 Å². The highest BCUT2D eigenvalue weighted by atomic mass is 32.1. The average Bonchev–Trinajstić information content (AvgIpc) is 3.30. The van der Waals surface area contributed by atoms with Crippen molar-refractivity contribution in [2.45, 2.75) is 50.8 Å². The summed E-state index contributed by atoms with van der Waals surface area (Å²) in [6, 6.07) is 13.4. The van der Waals surface area contributed by atoms with Crippen molar-refractivity contribution in [3.8, 4) is 10.4 Å². The molecule has 1 heterocycles. The molecule has 3 unspecified atom stereocenters. The summed E-state index contributed by atoms with van der Waals surface area (Å²) in [6.07, 6.45) is 2.23. The maximum Gasteiger partial charge on any atom is 0.217 e. The fourth-order valence-electron chi connectivity index (χ4n) is 4.54. The van der Waals surface area contributed by atoms with E-state index in [4.69, 9.17) is 0 Å². The molecule has 0 radical (unpaired) electrons. The van der Waals surface area contributed by atoms with E-state index in [1.165, 1.54) is 40.6 Å². The number of aliphatic hydroxyl groups is 1. The van der Waals surface area contributed by atoms with E-state index in [9.17, 15) is 18.7 Å². The molecule has 0 aliphatic heterocycles. The molecule has 1 aliphatic rings. The molecule has 3 atom stereocenters. The number of thiophene rings is 1. The van der Waals surface area contributed by atoms with Gasteiger partial charge in [0.2, 0.25) is 5.91 Å². The van der Waals surface area contributed by atoms with Crippen LogP contribution in [0, 0.1) is 11.6 Å². The van der Waals surface area contributed by atoms with Crippen molar-refractivity contribution in [1.82, 2.24) is 10.6 Å². The number of fused-ring (bicyclic) bond motifs is 1. The lowest BCUT2D eigenvalue weighted by molar-refractivity contribution is -0.120. The van der Waals surface area contributed by atoms with Crippen LogP contribution in [0.3, 0.4) is 0 Å². The number of hydrogen-bond acceptors (Lipinski definition) is 4. The van der Waals surface area contributed by atoms with Crippen molar-refractivity contribution in [2.24, 2.45) is 0 Å². The van der Waals surface area contributed by atoms with Crippen LogP contribution in [0.25, 0.3) is 10.4 Å². The molecule has 3 N–H and O–H groups in total. The molecule has 1 aromatic heterocycles. The molecule has 1 aliphatic carbocycles. The number of amides is 1. The van der Waals surface area contributed by atoms with Gasteiger partial charge in [-0.3, -0.25) is 4.79 Å². The number of hydrogen-bond donors (Lipinski definition) is 3. The van der Waals surface area contributed by atoms with Gasteiger partial charge in [-0.1, -0.05) is 18.2 Å². The van der Waals surface area contributed by atoms with E-state index in [1.807, 2.05) is 6.07 Å². The van der Waals surface area contributed by atoms with Crippen LogP contribution in [0.4, 0.5) is 8.78 Å². The van der Waals surface area contributed by atoms with Crippen LogP contribution in [0.15, 0.2) is 53.9 Å². The van der Waals surface area contributed by atoms with Gasteiger partial charge >= 0.3 is 0 Å². The summed E-state index contributed by atoms with van der Waals surface area (Å²) < 4.78 is 27.2. The minimum absolute atomic E-state index is 0.0907. The van der Waals surface area contributed by atoms with Crippen LogP contribution in [-0.2, 0) is 17.6 Å². The third-order valence-corrected chi connectivity index (χ3v) is 6.99. The molecular formula is C26H28F2N2O2S. The molecule has 4 rings (SSSR count). The van der Waals surface area contributed by atoms with Crippen LogP contribution < -0.4 is 10.6 Å². The molecule has 3 aromatic rings. The Balaban J connectivity index is 1.47. The standard InChI is InChI=1S/C26H28F2N2O2S/c1-16(31)30-24(12-17-10-20(27)14-21(28)11-17)25(32)15-29-23-5-2-4-18-7-8-19(13-22(18)23)26-6-3-9-33-26/h3,6-11,13-14,23-25,29,32H,2,4-5,12,15H2,1H3,(H,30,31). The average molecular weight is 471 g/mol. The topological polar surface area (TPSA) is 61.4 Å². The summed E-state index contributed by atoms with van der Waals surface area (Å²) in [6.45, 7) is 1.61. The number of rotatable bonds is 8. The minimum Gasteiger partial charge on any atom is -0.390 e. The molecule has 0 fully saturated rings. The fourth-order valence-corrected chi connectivity index (χ4v) is 5.26. The monoisotopic (exact) mass is 470 g/mol. The second-order valence-electron chi connectivity index (χ2n) is 8.60. The van der Waals surface area contributed by atoms with Gasteiger partial charge in [0, 0.05) is 30.5 Å². The van der Waals surface area contributed by atoms with Gasteiger partial charge in [-0.05, 0) is 77.6 Å². The lowest BCUT2D eigenvalue weighted by Crippen LogP contribution is -2.48. The van der Waals surface area contributed by atoms with Crippen molar-refractivity contribution >= 4 is 17.2 Å².